The molecule has 2 heterocycles. The van der Waals surface area contributed by atoms with E-state index >= 15 is 0 Å². The number of anilines is 2. The van der Waals surface area contributed by atoms with Crippen molar-refractivity contribution >= 4 is 40.1 Å². The summed E-state index contributed by atoms with van der Waals surface area (Å²) in [6.07, 6.45) is 1.30. The van der Waals surface area contributed by atoms with Gasteiger partial charge in [-0.15, -0.1) is 0 Å². The van der Waals surface area contributed by atoms with Crippen molar-refractivity contribution in [3.8, 4) is 5.75 Å². The van der Waals surface area contributed by atoms with Crippen molar-refractivity contribution in [1.29, 1.82) is 0 Å². The fraction of sp³-hybridized carbons (Fsp3) is 0.320. The highest BCUT2D eigenvalue weighted by molar-refractivity contribution is 5.96. The number of carboxylic acid groups (broad SMARTS) is 2. The molecule has 4 N–H and O–H groups in total. The van der Waals surface area contributed by atoms with Gasteiger partial charge in [0.25, 0.3) is 0 Å². The maximum absolute atomic E-state index is 12.4. The quantitative estimate of drug-likeness (QED) is 0.367. The molecular weight excluding hydrogens is 452 g/mol. The van der Waals surface area contributed by atoms with Gasteiger partial charge in [0.05, 0.1) is 19.2 Å². The zero-order valence-corrected chi connectivity index (χ0v) is 19.4. The predicted octanol–water partition coefficient (Wildman–Crippen LogP) is 2.93. The largest absolute Gasteiger partial charge is 0.495 e. The number of aromatic nitrogens is 1. The minimum Gasteiger partial charge on any atom is -0.495 e. The number of ether oxygens (including phenoxy) is 1. The van der Waals surface area contributed by atoms with Crippen LogP contribution in [0.3, 0.4) is 0 Å². The standard InChI is InChI=1S/C25H28N4O6/c1-35-21-5-3-2-4-20(21)28-10-12-29(13-11-28)24(25(33)34)18-15-26-19-7-6-16(14-17(18)19)27-22(30)8-9-23(31)32/h2-7,14-15,24,26H,8-13H2,1H3,(H,27,30)(H,31,32)(H,33,34). The minimum absolute atomic E-state index is 0.137. The van der Waals surface area contributed by atoms with Gasteiger partial charge in [-0.25, -0.2) is 0 Å². The number of carboxylic acids is 2. The van der Waals surface area contributed by atoms with Crippen LogP contribution >= 0.6 is 0 Å². The van der Waals surface area contributed by atoms with Crippen LogP contribution in [0.25, 0.3) is 10.9 Å². The fourth-order valence-electron chi connectivity index (χ4n) is 4.49. The number of para-hydroxylation sites is 2. The number of hydrogen-bond donors (Lipinski definition) is 4. The number of aliphatic carboxylic acids is 2. The predicted molar refractivity (Wildman–Crippen MR) is 131 cm³/mol. The zero-order valence-electron chi connectivity index (χ0n) is 19.4. The van der Waals surface area contributed by atoms with Crippen molar-refractivity contribution in [1.82, 2.24) is 9.88 Å². The van der Waals surface area contributed by atoms with Crippen LogP contribution in [0.2, 0.25) is 0 Å². The topological polar surface area (TPSA) is 135 Å². The third-order valence-electron chi connectivity index (χ3n) is 6.20. The lowest BCUT2D eigenvalue weighted by Gasteiger charge is -2.39. The number of hydrogen-bond acceptors (Lipinski definition) is 6. The van der Waals surface area contributed by atoms with Crippen LogP contribution in [0, 0.1) is 0 Å². The van der Waals surface area contributed by atoms with Crippen LogP contribution in [0.5, 0.6) is 5.75 Å². The Morgan fingerprint density at radius 1 is 1.06 bits per heavy atom. The first-order valence-electron chi connectivity index (χ1n) is 11.3. The number of piperazine rings is 1. The summed E-state index contributed by atoms with van der Waals surface area (Å²) in [5.41, 5.74) is 2.83. The van der Waals surface area contributed by atoms with Gasteiger partial charge < -0.3 is 30.2 Å². The first kappa shape index (κ1) is 24.1. The van der Waals surface area contributed by atoms with Crippen molar-refractivity contribution in [2.75, 3.05) is 43.5 Å². The Bertz CT molecular complexity index is 1230. The molecule has 1 aliphatic rings. The number of rotatable bonds is 9. The molecule has 0 aliphatic carbocycles. The van der Waals surface area contributed by atoms with Gasteiger partial charge in [0.1, 0.15) is 11.8 Å². The molecule has 35 heavy (non-hydrogen) atoms. The summed E-state index contributed by atoms with van der Waals surface area (Å²) in [7, 11) is 1.63. The third kappa shape index (κ3) is 5.38. The second kappa shape index (κ2) is 10.5. The molecule has 0 bridgehead atoms. The molecule has 1 unspecified atom stereocenters. The molecular formula is C25H28N4O6. The minimum atomic E-state index is -1.04. The maximum atomic E-state index is 12.4. The van der Waals surface area contributed by atoms with Gasteiger partial charge in [-0.05, 0) is 30.3 Å². The number of nitrogens with zero attached hydrogens (tertiary/aromatic N) is 2. The van der Waals surface area contributed by atoms with Crippen LogP contribution in [0.15, 0.2) is 48.7 Å². The van der Waals surface area contributed by atoms with Crippen molar-refractivity contribution < 1.29 is 29.3 Å². The second-order valence-electron chi connectivity index (χ2n) is 8.38. The highest BCUT2D eigenvalue weighted by atomic mass is 16.5. The summed E-state index contributed by atoms with van der Waals surface area (Å²) in [4.78, 5) is 42.4. The smallest absolute Gasteiger partial charge is 0.325 e. The molecule has 2 aromatic carbocycles. The Kier molecular flexibility index (Phi) is 7.21. The molecule has 4 rings (SSSR count). The van der Waals surface area contributed by atoms with E-state index in [4.69, 9.17) is 9.84 Å². The first-order valence-corrected chi connectivity index (χ1v) is 11.3. The molecule has 1 amide bonds. The van der Waals surface area contributed by atoms with Gasteiger partial charge in [-0.2, -0.15) is 0 Å². The van der Waals surface area contributed by atoms with Gasteiger partial charge in [-0.3, -0.25) is 19.3 Å². The molecule has 0 radical (unpaired) electrons. The summed E-state index contributed by atoms with van der Waals surface area (Å²) < 4.78 is 5.47. The second-order valence-corrected chi connectivity index (χ2v) is 8.38. The molecule has 0 saturated carbocycles. The zero-order chi connectivity index (χ0) is 24.9. The van der Waals surface area contributed by atoms with E-state index in [0.29, 0.717) is 42.8 Å². The first-order chi connectivity index (χ1) is 16.9. The Labute approximate surface area is 202 Å². The summed E-state index contributed by atoms with van der Waals surface area (Å²) in [6, 6.07) is 12.1. The number of benzene rings is 2. The van der Waals surface area contributed by atoms with Gasteiger partial charge in [-0.1, -0.05) is 12.1 Å². The Hall–Kier alpha value is -4.05. The molecule has 184 valence electrons. The van der Waals surface area contributed by atoms with E-state index in [2.05, 4.69) is 15.2 Å². The number of aromatic amines is 1. The maximum Gasteiger partial charge on any atom is 0.325 e. The number of amides is 1. The molecule has 1 aliphatic heterocycles. The average Bonchev–Trinajstić information content (AvgIpc) is 3.26. The number of carbonyl (C=O) groups excluding carboxylic acids is 1. The van der Waals surface area contributed by atoms with Crippen LogP contribution in [-0.2, 0) is 14.4 Å². The van der Waals surface area contributed by atoms with Gasteiger partial charge in [0, 0.05) is 61.0 Å². The highest BCUT2D eigenvalue weighted by Crippen LogP contribution is 2.33. The molecule has 1 aromatic heterocycles. The Morgan fingerprint density at radius 2 is 1.80 bits per heavy atom. The summed E-state index contributed by atoms with van der Waals surface area (Å²) >= 11 is 0. The van der Waals surface area contributed by atoms with Crippen LogP contribution < -0.4 is 15.0 Å². The lowest BCUT2D eigenvalue weighted by atomic mass is 10.0. The lowest BCUT2D eigenvalue weighted by molar-refractivity contribution is -0.143. The van der Waals surface area contributed by atoms with Gasteiger partial charge >= 0.3 is 11.9 Å². The van der Waals surface area contributed by atoms with Crippen LogP contribution in [0.4, 0.5) is 11.4 Å². The van der Waals surface area contributed by atoms with Crippen molar-refractivity contribution in [3.63, 3.8) is 0 Å². The van der Waals surface area contributed by atoms with Crippen LogP contribution in [0.1, 0.15) is 24.4 Å². The van der Waals surface area contributed by atoms with Gasteiger partial charge in [0.2, 0.25) is 5.91 Å². The van der Waals surface area contributed by atoms with E-state index in [-0.39, 0.29) is 12.8 Å². The number of H-pyrrole nitrogens is 1. The molecule has 0 spiro atoms. The third-order valence-corrected chi connectivity index (χ3v) is 6.20. The number of methoxy groups -OCH3 is 1. The Balaban J connectivity index is 1.52. The molecule has 1 saturated heterocycles. The number of nitrogens with one attached hydrogen (secondary N) is 2. The molecule has 1 atom stereocenters. The molecule has 10 heteroatoms. The molecule has 3 aromatic rings. The fourth-order valence-corrected chi connectivity index (χ4v) is 4.49. The summed E-state index contributed by atoms with van der Waals surface area (Å²) in [6.45, 7) is 2.40. The van der Waals surface area contributed by atoms with Crippen molar-refractivity contribution in [3.05, 3.63) is 54.2 Å². The van der Waals surface area contributed by atoms with Crippen molar-refractivity contribution in [2.45, 2.75) is 18.9 Å². The van der Waals surface area contributed by atoms with E-state index in [1.807, 2.05) is 29.2 Å². The van der Waals surface area contributed by atoms with Crippen LogP contribution in [-0.4, -0.2) is 71.2 Å². The average molecular weight is 481 g/mol. The number of fused-ring (bicyclic) bond motifs is 1. The lowest BCUT2D eigenvalue weighted by Crippen LogP contribution is -2.49. The van der Waals surface area contributed by atoms with E-state index in [9.17, 15) is 19.5 Å². The Morgan fingerprint density at radius 3 is 2.49 bits per heavy atom. The monoisotopic (exact) mass is 480 g/mol. The summed E-state index contributed by atoms with van der Waals surface area (Å²) in [5.74, 6) is -1.62. The number of carbonyl (C=O) groups is 3. The van der Waals surface area contributed by atoms with E-state index in [1.165, 1.54) is 0 Å². The van der Waals surface area contributed by atoms with Crippen molar-refractivity contribution in [2.24, 2.45) is 0 Å². The van der Waals surface area contributed by atoms with Gasteiger partial charge in [0.15, 0.2) is 0 Å². The highest BCUT2D eigenvalue weighted by Gasteiger charge is 2.32. The normalized spacial score (nSPS) is 15.1. The molecule has 10 nitrogen and oxygen atoms in total. The van der Waals surface area contributed by atoms with E-state index in [1.54, 1.807) is 31.5 Å². The molecule has 1 fully saturated rings. The van der Waals surface area contributed by atoms with E-state index in [0.717, 1.165) is 17.0 Å². The summed E-state index contributed by atoms with van der Waals surface area (Å²) in [5, 5.41) is 22.3. The van der Waals surface area contributed by atoms with E-state index < -0.39 is 23.9 Å². The SMILES string of the molecule is COc1ccccc1N1CCN(C(C(=O)O)c2c[nH]c3ccc(NC(=O)CCC(=O)O)cc23)CC1.